The quantitative estimate of drug-likeness (QED) is 0.0748. The number of para-hydroxylation sites is 1. The smallest absolute Gasteiger partial charge is 0.314 e. The monoisotopic (exact) mass is 942 g/mol. The van der Waals surface area contributed by atoms with Crippen molar-refractivity contribution >= 4 is 79.4 Å². The third-order valence-corrected chi connectivity index (χ3v) is 8.87. The average molecular weight is 943 g/mol. The summed E-state index contributed by atoms with van der Waals surface area (Å²) in [5.41, 5.74) is 15.4. The largest absolute Gasteiger partial charge is 0.355 e. The zero-order valence-electron chi connectivity index (χ0n) is 33.3. The maximum atomic E-state index is 8.74. The van der Waals surface area contributed by atoms with Crippen molar-refractivity contribution in [1.29, 1.82) is 0 Å². The zero-order chi connectivity index (χ0) is 46.2. The Labute approximate surface area is 368 Å². The van der Waals surface area contributed by atoms with Gasteiger partial charge in [-0.05, 0) is 83.5 Å². The van der Waals surface area contributed by atoms with Crippen molar-refractivity contribution in [2.24, 2.45) is 0 Å². The van der Waals surface area contributed by atoms with Gasteiger partial charge >= 0.3 is 33.0 Å². The van der Waals surface area contributed by atoms with Gasteiger partial charge in [0.05, 0.1) is 33.8 Å². The molecule has 0 saturated carbocycles. The minimum absolute atomic E-state index is 0.889. The first-order valence-electron chi connectivity index (χ1n) is 18.8. The van der Waals surface area contributed by atoms with Crippen LogP contribution < -0.4 is 0 Å². The van der Waals surface area contributed by atoms with Crippen LogP contribution in [0.3, 0.4) is 0 Å². The highest BCUT2D eigenvalue weighted by Crippen LogP contribution is 2.47. The van der Waals surface area contributed by atoms with Crippen LogP contribution in [0.5, 0.6) is 0 Å². The first-order chi connectivity index (χ1) is 30.7. The molecule has 0 radical (unpaired) electrons. The molecule has 0 spiro atoms. The average Bonchev–Trinajstić information content (AvgIpc) is 4.07. The van der Waals surface area contributed by atoms with Crippen molar-refractivity contribution in [1.82, 2.24) is 19.5 Å². The lowest BCUT2D eigenvalue weighted by Crippen LogP contribution is -1.97. The predicted molar refractivity (Wildman–Crippen MR) is 254 cm³/mol. The summed E-state index contributed by atoms with van der Waals surface area (Å²) in [6.45, 7) is 0. The summed E-state index contributed by atoms with van der Waals surface area (Å²) in [5.74, 6) is 0. The van der Waals surface area contributed by atoms with Crippen LogP contribution in [0.2, 0.25) is 0 Å². The van der Waals surface area contributed by atoms with Crippen LogP contribution in [0.1, 0.15) is 22.8 Å². The molecule has 7 aromatic rings. The summed E-state index contributed by atoms with van der Waals surface area (Å²) in [4.78, 5) is 71.2. The second-order valence-corrected chi connectivity index (χ2v) is 15.4. The number of aromatic amines is 1. The van der Waals surface area contributed by atoms with Crippen LogP contribution in [-0.2, 0) is 18.3 Å². The van der Waals surface area contributed by atoms with Gasteiger partial charge < -0.3 is 48.7 Å². The van der Waals surface area contributed by atoms with Crippen LogP contribution in [-0.4, -0.2) is 58.7 Å². The lowest BCUT2D eigenvalue weighted by atomic mass is 9.93. The Morgan fingerprint density at radius 1 is 0.406 bits per heavy atom. The molecule has 330 valence electrons. The fraction of sp³-hybridized carbons (Fsp3) is 0. The highest BCUT2D eigenvalue weighted by molar-refractivity contribution is 7.31. The van der Waals surface area contributed by atoms with Crippen LogP contribution in [0.15, 0.2) is 152 Å². The summed E-state index contributed by atoms with van der Waals surface area (Å²) < 4.78 is 37.4. The van der Waals surface area contributed by atoms with Crippen LogP contribution in [0.4, 0.5) is 0 Å². The summed E-state index contributed by atoms with van der Waals surface area (Å²) in [6, 6.07) is 53.3. The van der Waals surface area contributed by atoms with Crippen molar-refractivity contribution in [2.45, 2.75) is 0 Å². The van der Waals surface area contributed by atoms with E-state index in [-0.39, 0.29) is 0 Å². The molecule has 0 atom stereocenters. The van der Waals surface area contributed by atoms with Crippen LogP contribution in [0.25, 0.3) is 85.4 Å². The number of nitrogens with one attached hydrogen (secondary N) is 1. The number of benzene rings is 4. The van der Waals surface area contributed by atoms with Crippen molar-refractivity contribution in [2.75, 3.05) is 0 Å². The van der Waals surface area contributed by atoms with E-state index in [4.69, 9.17) is 67.4 Å². The molecule has 0 saturated heterocycles. The van der Waals surface area contributed by atoms with Gasteiger partial charge in [-0.2, -0.15) is 0 Å². The molecule has 0 aliphatic carbocycles. The lowest BCUT2D eigenvalue weighted by molar-refractivity contribution is 0.403. The SMILES string of the molecule is C1=Cc2cc3c(-c4ccccc4)c(-c4ccccc4)c(c(-c4ccccc4)c4nc(cc5ccc(cc1n2)[nH]5)C=C4)n3-c1ccccc1.O=[PH](O)O.O=[PH](O)O.O=[PH](O)O.O=[PH](O)O. The van der Waals surface area contributed by atoms with E-state index in [9.17, 15) is 0 Å². The van der Waals surface area contributed by atoms with E-state index >= 15 is 0 Å². The van der Waals surface area contributed by atoms with Gasteiger partial charge in [0.15, 0.2) is 0 Å². The van der Waals surface area contributed by atoms with E-state index in [2.05, 4.69) is 186 Å². The molecule has 5 heterocycles. The fourth-order valence-corrected chi connectivity index (χ4v) is 6.81. The topological polar surface area (TPSA) is 277 Å². The molecule has 3 aromatic heterocycles. The Kier molecular flexibility index (Phi) is 18.6. The predicted octanol–water partition coefficient (Wildman–Crippen LogP) is 8.56. The van der Waals surface area contributed by atoms with E-state index in [1.165, 1.54) is 0 Å². The number of aromatic nitrogens is 4. The summed E-state index contributed by atoms with van der Waals surface area (Å²) in [6.07, 6.45) is 8.44. The number of rotatable bonds is 4. The lowest BCUT2D eigenvalue weighted by Gasteiger charge is -2.13. The normalized spacial score (nSPS) is 11.2. The minimum atomic E-state index is -3.13. The van der Waals surface area contributed by atoms with Gasteiger partial charge in [-0.15, -0.1) is 0 Å². The first-order valence-corrected chi connectivity index (χ1v) is 24.0. The molecule has 8 bridgehead atoms. The summed E-state index contributed by atoms with van der Waals surface area (Å²) in [5, 5.41) is 0. The summed E-state index contributed by atoms with van der Waals surface area (Å²) >= 11 is 0. The van der Waals surface area contributed by atoms with E-state index < -0.39 is 33.0 Å². The molecule has 9 N–H and O–H groups in total. The standard InChI is InChI=1S/C44H30N4.4H3O3P/c1-5-13-30(14-6-1)41-39-26-25-36(47-39)28-35-22-21-33(45-35)27-34-23-24-37(46-34)29-40-42(31-15-7-2-8-16-31)43(32-17-9-3-10-18-32)44(41)48(40)38-19-11-4-12-20-38;4*1-4(2)3/h1-29,45H;4*4H,(H2,1,2,3). The third-order valence-electron chi connectivity index (χ3n) is 8.87. The van der Waals surface area contributed by atoms with Gasteiger partial charge in [0.2, 0.25) is 0 Å². The molecule has 0 fully saturated rings. The van der Waals surface area contributed by atoms with Crippen molar-refractivity contribution in [3.8, 4) is 39.1 Å². The van der Waals surface area contributed by atoms with Gasteiger partial charge in [0.25, 0.3) is 0 Å². The Morgan fingerprint density at radius 2 is 0.766 bits per heavy atom. The molecule has 4 aromatic carbocycles. The van der Waals surface area contributed by atoms with Gasteiger partial charge in [-0.25, -0.2) is 9.97 Å². The van der Waals surface area contributed by atoms with E-state index in [1.54, 1.807) is 0 Å². The maximum absolute atomic E-state index is 8.74. The molecular weight excluding hydrogens is 900 g/mol. The highest BCUT2D eigenvalue weighted by atomic mass is 31.1. The Morgan fingerprint density at radius 3 is 1.22 bits per heavy atom. The van der Waals surface area contributed by atoms with Gasteiger partial charge in [-0.1, -0.05) is 109 Å². The third kappa shape index (κ3) is 14.3. The molecule has 0 amide bonds. The van der Waals surface area contributed by atoms with Crippen molar-refractivity contribution < 1.29 is 57.4 Å². The molecule has 0 unspecified atom stereocenters. The number of fused-ring (bicyclic) bond motifs is 8. The number of hydrogen-bond acceptors (Lipinski definition) is 6. The number of H-pyrrole nitrogens is 1. The van der Waals surface area contributed by atoms with E-state index in [1.807, 2.05) is 0 Å². The van der Waals surface area contributed by atoms with Crippen molar-refractivity contribution in [3.05, 3.63) is 174 Å². The fourth-order valence-electron chi connectivity index (χ4n) is 6.81. The molecule has 9 rings (SSSR count). The van der Waals surface area contributed by atoms with E-state index in [0.29, 0.717) is 0 Å². The molecule has 2 aliphatic heterocycles. The van der Waals surface area contributed by atoms with Gasteiger partial charge in [-0.3, -0.25) is 18.3 Å². The Balaban J connectivity index is 0.000000419. The van der Waals surface area contributed by atoms with Crippen LogP contribution >= 0.6 is 33.0 Å². The second-order valence-electron chi connectivity index (χ2n) is 13.1. The Bertz CT molecular complexity index is 2940. The summed E-state index contributed by atoms with van der Waals surface area (Å²) in [7, 11) is -12.5. The highest BCUT2D eigenvalue weighted by Gasteiger charge is 2.25. The molecule has 64 heavy (non-hydrogen) atoms. The minimum Gasteiger partial charge on any atom is -0.355 e. The molecular formula is C44H42N4O12P4. The van der Waals surface area contributed by atoms with Crippen molar-refractivity contribution in [3.63, 3.8) is 0 Å². The molecule has 20 heteroatoms. The number of hydrogen-bond donors (Lipinski definition) is 9. The van der Waals surface area contributed by atoms with E-state index in [0.717, 1.165) is 83.9 Å². The number of nitrogens with zero attached hydrogens (tertiary/aromatic N) is 3. The molecule has 2 aliphatic rings. The maximum Gasteiger partial charge on any atom is 0.314 e. The first kappa shape index (κ1) is 49.1. The van der Waals surface area contributed by atoms with Gasteiger partial charge in [0.1, 0.15) is 0 Å². The Hall–Kier alpha value is -5.92. The van der Waals surface area contributed by atoms with Gasteiger partial charge in [0, 0.05) is 33.4 Å². The second kappa shape index (κ2) is 24.2. The van der Waals surface area contributed by atoms with Crippen LogP contribution in [0, 0.1) is 0 Å². The zero-order valence-corrected chi connectivity index (χ0v) is 37.3. The molecule has 16 nitrogen and oxygen atoms in total.